The van der Waals surface area contributed by atoms with Gasteiger partial charge in [0.05, 0.1) is 17.6 Å². The van der Waals surface area contributed by atoms with Crippen LogP contribution in [-0.4, -0.2) is 52.3 Å². The molecular weight excluding hydrogens is 374 g/mol. The van der Waals surface area contributed by atoms with Gasteiger partial charge in [-0.3, -0.25) is 4.79 Å². The summed E-state index contributed by atoms with van der Waals surface area (Å²) in [5, 5.41) is 2.47. The fourth-order valence-electron chi connectivity index (χ4n) is 2.32. The van der Waals surface area contributed by atoms with Crippen molar-refractivity contribution >= 4 is 27.7 Å². The molecule has 1 aromatic rings. The van der Waals surface area contributed by atoms with Crippen molar-refractivity contribution in [3.63, 3.8) is 0 Å². The first-order valence-corrected chi connectivity index (χ1v) is 10.2. The molecule has 1 rings (SSSR count). The molecule has 150 valence electrons. The Bertz CT molecular complexity index is 815. The first-order chi connectivity index (χ1) is 12.5. The summed E-state index contributed by atoms with van der Waals surface area (Å²) < 4.78 is 32.9. The van der Waals surface area contributed by atoms with E-state index < -0.39 is 40.3 Å². The first kappa shape index (κ1) is 22.6. The SMILES string of the molecule is COC(=O)[C@H](CC(C)C)NC(=O)COC(=O)c1cc(S(C)(=O)=O)ccc1C. The van der Waals surface area contributed by atoms with Crippen molar-refractivity contribution in [2.24, 2.45) is 5.92 Å². The molecule has 1 N–H and O–H groups in total. The number of amides is 1. The molecule has 27 heavy (non-hydrogen) atoms. The number of sulfone groups is 1. The molecule has 0 spiro atoms. The molecule has 0 aromatic heterocycles. The average Bonchev–Trinajstić information content (AvgIpc) is 2.57. The highest BCUT2D eigenvalue weighted by Crippen LogP contribution is 2.16. The van der Waals surface area contributed by atoms with E-state index in [9.17, 15) is 22.8 Å². The zero-order valence-corrected chi connectivity index (χ0v) is 16.9. The average molecular weight is 399 g/mol. The van der Waals surface area contributed by atoms with Crippen molar-refractivity contribution < 1.29 is 32.3 Å². The number of carbonyl (C=O) groups is 3. The smallest absolute Gasteiger partial charge is 0.338 e. The van der Waals surface area contributed by atoms with Gasteiger partial charge in [0.25, 0.3) is 5.91 Å². The molecule has 0 aliphatic rings. The molecular formula is C18H25NO7S. The molecule has 0 radical (unpaired) electrons. The van der Waals surface area contributed by atoms with E-state index in [0.717, 1.165) is 6.26 Å². The normalized spacial score (nSPS) is 12.4. The number of nitrogens with one attached hydrogen (secondary N) is 1. The minimum Gasteiger partial charge on any atom is -0.467 e. The maximum Gasteiger partial charge on any atom is 0.338 e. The van der Waals surface area contributed by atoms with E-state index in [0.29, 0.717) is 12.0 Å². The standard InChI is InChI=1S/C18H25NO7S/c1-11(2)8-15(18(22)25-4)19-16(20)10-26-17(21)14-9-13(27(5,23)24)7-6-12(14)3/h6-7,9,11,15H,8,10H2,1-5H3,(H,19,20)/t15-/m0/s1. The summed E-state index contributed by atoms with van der Waals surface area (Å²) in [4.78, 5) is 35.9. The molecule has 9 heteroatoms. The number of ether oxygens (including phenoxy) is 2. The Morgan fingerprint density at radius 3 is 2.33 bits per heavy atom. The van der Waals surface area contributed by atoms with E-state index in [1.165, 1.54) is 25.3 Å². The van der Waals surface area contributed by atoms with Crippen LogP contribution >= 0.6 is 0 Å². The van der Waals surface area contributed by atoms with Crippen molar-refractivity contribution in [2.75, 3.05) is 20.0 Å². The molecule has 1 amide bonds. The van der Waals surface area contributed by atoms with E-state index in [2.05, 4.69) is 10.1 Å². The summed E-state index contributed by atoms with van der Waals surface area (Å²) in [6, 6.07) is 3.25. The van der Waals surface area contributed by atoms with Crippen LogP contribution in [0.5, 0.6) is 0 Å². The number of hydrogen-bond donors (Lipinski definition) is 1. The van der Waals surface area contributed by atoms with E-state index in [-0.39, 0.29) is 16.4 Å². The van der Waals surface area contributed by atoms with Crippen LogP contribution in [-0.2, 0) is 28.9 Å². The van der Waals surface area contributed by atoms with Crippen LogP contribution in [0.1, 0.15) is 36.2 Å². The molecule has 8 nitrogen and oxygen atoms in total. The van der Waals surface area contributed by atoms with Crippen LogP contribution in [0.4, 0.5) is 0 Å². The minimum atomic E-state index is -3.49. The van der Waals surface area contributed by atoms with Gasteiger partial charge in [-0.1, -0.05) is 19.9 Å². The van der Waals surface area contributed by atoms with Crippen LogP contribution < -0.4 is 5.32 Å². The Kier molecular flexibility index (Phi) is 7.96. The van der Waals surface area contributed by atoms with Gasteiger partial charge >= 0.3 is 11.9 Å². The quantitative estimate of drug-likeness (QED) is 0.654. The lowest BCUT2D eigenvalue weighted by Crippen LogP contribution is -2.44. The van der Waals surface area contributed by atoms with E-state index >= 15 is 0 Å². The summed E-state index contributed by atoms with van der Waals surface area (Å²) in [7, 11) is -2.26. The van der Waals surface area contributed by atoms with Crippen molar-refractivity contribution in [2.45, 2.75) is 38.1 Å². The van der Waals surface area contributed by atoms with Crippen LogP contribution in [0.3, 0.4) is 0 Å². The minimum absolute atomic E-state index is 0.0211. The zero-order valence-electron chi connectivity index (χ0n) is 16.1. The Morgan fingerprint density at radius 2 is 1.81 bits per heavy atom. The fraction of sp³-hybridized carbons (Fsp3) is 0.500. The summed E-state index contributed by atoms with van der Waals surface area (Å²) in [5.74, 6) is -1.93. The monoisotopic (exact) mass is 399 g/mol. The van der Waals surface area contributed by atoms with Gasteiger partial charge in [0.1, 0.15) is 6.04 Å². The molecule has 0 unspecified atom stereocenters. The lowest BCUT2D eigenvalue weighted by Gasteiger charge is -2.18. The van der Waals surface area contributed by atoms with E-state index in [4.69, 9.17) is 4.74 Å². The molecule has 0 heterocycles. The Labute approximate surface area is 159 Å². The molecule has 0 saturated heterocycles. The van der Waals surface area contributed by atoms with Crippen LogP contribution in [0, 0.1) is 12.8 Å². The third kappa shape index (κ3) is 7.01. The van der Waals surface area contributed by atoms with Crippen LogP contribution in [0.25, 0.3) is 0 Å². The predicted molar refractivity (Wildman–Crippen MR) is 98.0 cm³/mol. The van der Waals surface area contributed by atoms with Gasteiger partial charge in [0.2, 0.25) is 0 Å². The number of carbonyl (C=O) groups excluding carboxylic acids is 3. The zero-order chi connectivity index (χ0) is 20.8. The maximum atomic E-state index is 12.2. The number of methoxy groups -OCH3 is 1. The topological polar surface area (TPSA) is 116 Å². The summed E-state index contributed by atoms with van der Waals surface area (Å²) in [5.41, 5.74) is 0.567. The molecule has 0 aliphatic carbocycles. The van der Waals surface area contributed by atoms with E-state index in [1.807, 2.05) is 13.8 Å². The number of esters is 2. The largest absolute Gasteiger partial charge is 0.467 e. The number of rotatable bonds is 8. The Balaban J connectivity index is 2.78. The van der Waals surface area contributed by atoms with Gasteiger partial charge in [0.15, 0.2) is 16.4 Å². The highest BCUT2D eigenvalue weighted by Gasteiger charge is 2.23. The van der Waals surface area contributed by atoms with Gasteiger partial charge in [0, 0.05) is 6.26 Å². The number of aryl methyl sites for hydroxylation is 1. The van der Waals surface area contributed by atoms with Gasteiger partial charge in [-0.05, 0) is 37.0 Å². The third-order valence-electron chi connectivity index (χ3n) is 3.72. The molecule has 1 atom stereocenters. The molecule has 0 fully saturated rings. The van der Waals surface area contributed by atoms with Gasteiger partial charge < -0.3 is 14.8 Å². The first-order valence-electron chi connectivity index (χ1n) is 8.30. The number of benzene rings is 1. The van der Waals surface area contributed by atoms with Gasteiger partial charge in [-0.2, -0.15) is 0 Å². The van der Waals surface area contributed by atoms with Crippen LogP contribution in [0.2, 0.25) is 0 Å². The van der Waals surface area contributed by atoms with E-state index in [1.54, 1.807) is 6.92 Å². The van der Waals surface area contributed by atoms with Crippen LogP contribution in [0.15, 0.2) is 23.1 Å². The van der Waals surface area contributed by atoms with Crippen molar-refractivity contribution in [1.29, 1.82) is 0 Å². The second-order valence-corrected chi connectivity index (χ2v) is 8.61. The third-order valence-corrected chi connectivity index (χ3v) is 4.83. The fourth-order valence-corrected chi connectivity index (χ4v) is 2.97. The van der Waals surface area contributed by atoms with Crippen molar-refractivity contribution in [3.8, 4) is 0 Å². The molecule has 0 saturated carbocycles. The van der Waals surface area contributed by atoms with Gasteiger partial charge in [-0.25, -0.2) is 18.0 Å². The van der Waals surface area contributed by atoms with Crippen molar-refractivity contribution in [1.82, 2.24) is 5.32 Å². The lowest BCUT2D eigenvalue weighted by molar-refractivity contribution is -0.145. The van der Waals surface area contributed by atoms with Gasteiger partial charge in [-0.15, -0.1) is 0 Å². The predicted octanol–water partition coefficient (Wildman–Crippen LogP) is 1.26. The number of hydrogen-bond acceptors (Lipinski definition) is 7. The lowest BCUT2D eigenvalue weighted by atomic mass is 10.0. The molecule has 1 aromatic carbocycles. The Morgan fingerprint density at radius 1 is 1.19 bits per heavy atom. The molecule has 0 aliphatic heterocycles. The highest BCUT2D eigenvalue weighted by molar-refractivity contribution is 7.90. The maximum absolute atomic E-state index is 12.2. The highest BCUT2D eigenvalue weighted by atomic mass is 32.2. The Hall–Kier alpha value is -2.42. The summed E-state index contributed by atoms with van der Waals surface area (Å²) in [6.45, 7) is 4.80. The van der Waals surface area contributed by atoms with Crippen molar-refractivity contribution in [3.05, 3.63) is 29.3 Å². The molecule has 0 bridgehead atoms. The second kappa shape index (κ2) is 9.50. The second-order valence-electron chi connectivity index (χ2n) is 6.60. The summed E-state index contributed by atoms with van der Waals surface area (Å²) in [6.07, 6.45) is 1.41. The summed E-state index contributed by atoms with van der Waals surface area (Å²) >= 11 is 0.